The van der Waals surface area contributed by atoms with E-state index in [1.807, 2.05) is 39.8 Å². The van der Waals surface area contributed by atoms with E-state index < -0.39 is 6.10 Å². The molecule has 0 heterocycles. The molecule has 0 aromatic heterocycles. The molecule has 74 valence electrons. The van der Waals surface area contributed by atoms with Crippen LogP contribution in [0.5, 0.6) is 0 Å². The first-order chi connectivity index (χ1) is 5.42. The minimum atomic E-state index is -0.438. The van der Waals surface area contributed by atoms with Crippen molar-refractivity contribution in [1.29, 1.82) is 0 Å². The smallest absolute Gasteiger partial charge is 0.0951 e. The molecule has 12 heavy (non-hydrogen) atoms. The molecule has 3 heteroatoms. The molecule has 0 spiro atoms. The lowest BCUT2D eigenvalue weighted by atomic mass is 9.97. The Labute approximate surface area is 75.3 Å². The third-order valence-corrected chi connectivity index (χ3v) is 2.45. The molecule has 0 saturated heterocycles. The summed E-state index contributed by atoms with van der Waals surface area (Å²) in [6.45, 7) is 6.98. The summed E-state index contributed by atoms with van der Waals surface area (Å²) in [6, 6.07) is 0. The Bertz CT molecular complexity index is 124. The van der Waals surface area contributed by atoms with Crippen molar-refractivity contribution in [2.45, 2.75) is 32.4 Å². The molecule has 0 aliphatic rings. The van der Waals surface area contributed by atoms with Crippen LogP contribution < -0.4 is 0 Å². The number of aliphatic hydroxyl groups is 1. The van der Waals surface area contributed by atoms with Gasteiger partial charge in [-0.1, -0.05) is 0 Å². The maximum atomic E-state index is 9.71. The zero-order valence-corrected chi connectivity index (χ0v) is 8.79. The molecule has 0 bridgehead atoms. The molecule has 0 aliphatic heterocycles. The van der Waals surface area contributed by atoms with Crippen molar-refractivity contribution < 1.29 is 9.84 Å². The largest absolute Gasteiger partial charge is 0.389 e. The fourth-order valence-electron chi connectivity index (χ4n) is 0.731. The van der Waals surface area contributed by atoms with Gasteiger partial charge in [-0.2, -0.15) is 0 Å². The number of rotatable bonds is 5. The number of nitrogens with zero attached hydrogens (tertiary/aromatic N) is 1. The molecule has 0 saturated carbocycles. The van der Waals surface area contributed by atoms with Crippen LogP contribution in [-0.2, 0) is 4.74 Å². The van der Waals surface area contributed by atoms with Crippen molar-refractivity contribution in [2.75, 3.05) is 27.3 Å². The lowest BCUT2D eigenvalue weighted by molar-refractivity contribution is -0.0390. The predicted molar refractivity (Wildman–Crippen MR) is 50.3 cm³/mol. The van der Waals surface area contributed by atoms with Crippen LogP contribution in [0.2, 0.25) is 0 Å². The average molecular weight is 175 g/mol. The Morgan fingerprint density at radius 2 is 1.92 bits per heavy atom. The predicted octanol–water partition coefficient (Wildman–Crippen LogP) is 0.724. The first kappa shape index (κ1) is 11.9. The molecule has 0 amide bonds. The van der Waals surface area contributed by atoms with Crippen LogP contribution >= 0.6 is 0 Å². The molecule has 0 aliphatic carbocycles. The topological polar surface area (TPSA) is 32.7 Å². The lowest BCUT2D eigenvalue weighted by Gasteiger charge is -2.36. The van der Waals surface area contributed by atoms with Crippen molar-refractivity contribution in [3.05, 3.63) is 0 Å². The van der Waals surface area contributed by atoms with Gasteiger partial charge in [-0.05, 0) is 34.9 Å². The van der Waals surface area contributed by atoms with Gasteiger partial charge >= 0.3 is 0 Å². The van der Waals surface area contributed by atoms with Crippen molar-refractivity contribution in [1.82, 2.24) is 4.90 Å². The van der Waals surface area contributed by atoms with Crippen LogP contribution in [0.25, 0.3) is 0 Å². The van der Waals surface area contributed by atoms with Crippen molar-refractivity contribution in [2.24, 2.45) is 0 Å². The molecule has 1 unspecified atom stereocenters. The van der Waals surface area contributed by atoms with Gasteiger partial charge in [0.05, 0.1) is 12.7 Å². The number of aliphatic hydroxyl groups excluding tert-OH is 1. The second kappa shape index (κ2) is 4.80. The number of likely N-dealkylation sites (N-methyl/N-ethyl adjacent to an activating group) is 1. The Morgan fingerprint density at radius 1 is 1.42 bits per heavy atom. The Morgan fingerprint density at radius 3 is 2.25 bits per heavy atom. The molecule has 3 nitrogen and oxygen atoms in total. The first-order valence-corrected chi connectivity index (χ1v) is 4.36. The maximum Gasteiger partial charge on any atom is 0.0951 e. The fraction of sp³-hybridized carbons (Fsp3) is 1.00. The Balaban J connectivity index is 3.97. The van der Waals surface area contributed by atoms with Gasteiger partial charge in [0, 0.05) is 12.1 Å². The normalized spacial score (nSPS) is 15.2. The van der Waals surface area contributed by atoms with Gasteiger partial charge in [0.2, 0.25) is 0 Å². The Kier molecular flexibility index (Phi) is 4.75. The number of hydrogen-bond donors (Lipinski definition) is 1. The molecule has 0 aromatic rings. The molecular formula is C9H21NO2. The van der Waals surface area contributed by atoms with E-state index in [9.17, 15) is 5.11 Å². The van der Waals surface area contributed by atoms with Crippen LogP contribution in [0.15, 0.2) is 0 Å². The van der Waals surface area contributed by atoms with E-state index in [0.717, 1.165) is 0 Å². The van der Waals surface area contributed by atoms with Gasteiger partial charge in [0.15, 0.2) is 0 Å². The van der Waals surface area contributed by atoms with Gasteiger partial charge < -0.3 is 14.7 Å². The van der Waals surface area contributed by atoms with Gasteiger partial charge in [0.25, 0.3) is 0 Å². The van der Waals surface area contributed by atoms with E-state index in [2.05, 4.69) is 0 Å². The monoisotopic (exact) mass is 175 g/mol. The zero-order chi connectivity index (χ0) is 9.78. The van der Waals surface area contributed by atoms with E-state index in [4.69, 9.17) is 4.74 Å². The van der Waals surface area contributed by atoms with Gasteiger partial charge in [0.1, 0.15) is 0 Å². The molecule has 0 aromatic carbocycles. The summed E-state index contributed by atoms with van der Waals surface area (Å²) in [7, 11) is 3.91. The molecule has 0 fully saturated rings. The third kappa shape index (κ3) is 3.09. The second-order valence-electron chi connectivity index (χ2n) is 3.72. The first-order valence-electron chi connectivity index (χ1n) is 4.36. The van der Waals surface area contributed by atoms with Gasteiger partial charge in [-0.25, -0.2) is 0 Å². The van der Waals surface area contributed by atoms with E-state index in [0.29, 0.717) is 13.2 Å². The summed E-state index contributed by atoms with van der Waals surface area (Å²) in [5.74, 6) is 0. The van der Waals surface area contributed by atoms with Crippen molar-refractivity contribution in [3.8, 4) is 0 Å². The van der Waals surface area contributed by atoms with E-state index in [-0.39, 0.29) is 5.54 Å². The zero-order valence-electron chi connectivity index (χ0n) is 8.79. The van der Waals surface area contributed by atoms with E-state index in [1.54, 1.807) is 0 Å². The molecule has 1 atom stereocenters. The summed E-state index contributed by atoms with van der Waals surface area (Å²) in [4.78, 5) is 2.00. The summed E-state index contributed by atoms with van der Waals surface area (Å²) in [5, 5.41) is 9.71. The minimum Gasteiger partial charge on any atom is -0.389 e. The van der Waals surface area contributed by atoms with Crippen LogP contribution in [0.1, 0.15) is 20.8 Å². The number of hydrogen-bond acceptors (Lipinski definition) is 3. The van der Waals surface area contributed by atoms with Gasteiger partial charge in [-0.15, -0.1) is 0 Å². The van der Waals surface area contributed by atoms with Crippen molar-refractivity contribution >= 4 is 0 Å². The van der Waals surface area contributed by atoms with E-state index in [1.165, 1.54) is 0 Å². The van der Waals surface area contributed by atoms with Crippen LogP contribution in [0.3, 0.4) is 0 Å². The quantitative estimate of drug-likeness (QED) is 0.668. The molecule has 0 rings (SSSR count). The van der Waals surface area contributed by atoms with Crippen molar-refractivity contribution in [3.63, 3.8) is 0 Å². The lowest BCUT2D eigenvalue weighted by Crippen LogP contribution is -2.50. The summed E-state index contributed by atoms with van der Waals surface area (Å²) in [5.41, 5.74) is -0.227. The highest BCUT2D eigenvalue weighted by molar-refractivity contribution is 4.85. The highest BCUT2D eigenvalue weighted by Crippen LogP contribution is 2.15. The summed E-state index contributed by atoms with van der Waals surface area (Å²) in [6.07, 6.45) is -0.438. The molecular weight excluding hydrogens is 154 g/mol. The average Bonchev–Trinajstić information content (AvgIpc) is 1.99. The fourth-order valence-corrected chi connectivity index (χ4v) is 0.731. The molecule has 0 radical (unpaired) electrons. The van der Waals surface area contributed by atoms with Crippen LogP contribution in [-0.4, -0.2) is 49.0 Å². The maximum absolute atomic E-state index is 9.71. The minimum absolute atomic E-state index is 0.227. The SMILES string of the molecule is CCOCC(O)C(C)(C)N(C)C. The highest BCUT2D eigenvalue weighted by Gasteiger charge is 2.29. The van der Waals surface area contributed by atoms with Crippen LogP contribution in [0, 0.1) is 0 Å². The second-order valence-corrected chi connectivity index (χ2v) is 3.72. The summed E-state index contributed by atoms with van der Waals surface area (Å²) >= 11 is 0. The van der Waals surface area contributed by atoms with Gasteiger partial charge in [-0.3, -0.25) is 0 Å². The highest BCUT2D eigenvalue weighted by atomic mass is 16.5. The van der Waals surface area contributed by atoms with E-state index >= 15 is 0 Å². The van der Waals surface area contributed by atoms with Crippen LogP contribution in [0.4, 0.5) is 0 Å². The third-order valence-electron chi connectivity index (χ3n) is 2.45. The standard InChI is InChI=1S/C9H21NO2/c1-6-12-7-8(11)9(2,3)10(4)5/h8,11H,6-7H2,1-5H3. The Hall–Kier alpha value is -0.120. The number of ether oxygens (including phenoxy) is 1. The summed E-state index contributed by atoms with van der Waals surface area (Å²) < 4.78 is 5.16. The molecule has 1 N–H and O–H groups in total.